The predicted octanol–water partition coefficient (Wildman–Crippen LogP) is -0.690. The molecule has 0 saturated carbocycles. The second-order valence-electron chi connectivity index (χ2n) is 0.736. The van der Waals surface area contributed by atoms with E-state index in [1.165, 1.54) is 0 Å². The lowest BCUT2D eigenvalue weighted by molar-refractivity contribution is 0.0545. The summed E-state index contributed by atoms with van der Waals surface area (Å²) in [5.74, 6) is 4.18. The van der Waals surface area contributed by atoms with Gasteiger partial charge in [0.25, 0.3) is 0 Å². The van der Waals surface area contributed by atoms with Crippen LogP contribution in [0.15, 0.2) is 0 Å². The summed E-state index contributed by atoms with van der Waals surface area (Å²) in [6.07, 6.45) is -3.20. The summed E-state index contributed by atoms with van der Waals surface area (Å²) in [7, 11) is 0. The molecule has 7 heteroatoms. The van der Waals surface area contributed by atoms with Crippen LogP contribution in [-0.2, 0) is 9.57 Å². The SMILES string of the molecule is NOC(=O)OC(=O)O.[Mg]. The second-order valence-corrected chi connectivity index (χ2v) is 0.736. The van der Waals surface area contributed by atoms with Crippen LogP contribution in [0.4, 0.5) is 9.59 Å². The molecule has 0 bridgehead atoms. The minimum absolute atomic E-state index is 0. The minimum atomic E-state index is -1.75. The molecule has 9 heavy (non-hydrogen) atoms. The van der Waals surface area contributed by atoms with Crippen molar-refractivity contribution < 1.29 is 24.3 Å². The molecule has 0 saturated heterocycles. The van der Waals surface area contributed by atoms with Gasteiger partial charge in [0.2, 0.25) is 0 Å². The summed E-state index contributed by atoms with van der Waals surface area (Å²) in [6, 6.07) is 0. The van der Waals surface area contributed by atoms with Crippen molar-refractivity contribution in [3.8, 4) is 0 Å². The van der Waals surface area contributed by atoms with Crippen molar-refractivity contribution in [2.75, 3.05) is 0 Å². The summed E-state index contributed by atoms with van der Waals surface area (Å²) in [5.41, 5.74) is 0. The van der Waals surface area contributed by atoms with Gasteiger partial charge in [-0.3, -0.25) is 0 Å². The highest BCUT2D eigenvalue weighted by atomic mass is 24.3. The highest BCUT2D eigenvalue weighted by Gasteiger charge is 2.06. The van der Waals surface area contributed by atoms with Crippen molar-refractivity contribution in [3.05, 3.63) is 0 Å². The maximum absolute atomic E-state index is 9.67. The molecular weight excluding hydrogens is 142 g/mol. The molecule has 0 amide bonds. The monoisotopic (exact) mass is 145 g/mol. The fraction of sp³-hybridized carbons (Fsp3) is 0. The first-order valence-electron chi connectivity index (χ1n) is 1.48. The molecule has 3 N–H and O–H groups in total. The molecule has 0 spiro atoms. The third-order valence-corrected chi connectivity index (χ3v) is 0.267. The van der Waals surface area contributed by atoms with E-state index in [1.54, 1.807) is 0 Å². The zero-order valence-corrected chi connectivity index (χ0v) is 5.78. The summed E-state index contributed by atoms with van der Waals surface area (Å²) >= 11 is 0. The Labute approximate surface area is 66.0 Å². The van der Waals surface area contributed by atoms with Gasteiger partial charge in [0.05, 0.1) is 0 Å². The van der Waals surface area contributed by atoms with E-state index in [-0.39, 0.29) is 23.1 Å². The topological polar surface area (TPSA) is 98.9 Å². The highest BCUT2D eigenvalue weighted by Crippen LogP contribution is 1.78. The van der Waals surface area contributed by atoms with Gasteiger partial charge in [-0.15, -0.1) is 0 Å². The molecule has 0 aliphatic carbocycles. The van der Waals surface area contributed by atoms with Gasteiger partial charge >= 0.3 is 12.3 Å². The maximum Gasteiger partial charge on any atom is 0.537 e. The Bertz CT molecular complexity index is 114. The Kier molecular flexibility index (Phi) is 7.02. The molecule has 0 aromatic rings. The van der Waals surface area contributed by atoms with Crippen molar-refractivity contribution in [1.29, 1.82) is 0 Å². The summed E-state index contributed by atoms with van der Waals surface area (Å²) in [4.78, 5) is 22.4. The van der Waals surface area contributed by atoms with Gasteiger partial charge in [-0.1, -0.05) is 0 Å². The van der Waals surface area contributed by atoms with E-state index in [4.69, 9.17) is 5.11 Å². The van der Waals surface area contributed by atoms with Gasteiger partial charge in [-0.05, 0) is 0 Å². The van der Waals surface area contributed by atoms with Crippen LogP contribution < -0.4 is 5.90 Å². The van der Waals surface area contributed by atoms with E-state index >= 15 is 0 Å². The van der Waals surface area contributed by atoms with Crippen LogP contribution in [0.2, 0.25) is 0 Å². The number of carbonyl (C=O) groups excluding carboxylic acids is 1. The first kappa shape index (κ1) is 11.3. The van der Waals surface area contributed by atoms with Crippen molar-refractivity contribution in [2.45, 2.75) is 0 Å². The highest BCUT2D eigenvalue weighted by molar-refractivity contribution is 5.75. The fourth-order valence-corrected chi connectivity index (χ4v) is 0.0953. The van der Waals surface area contributed by atoms with Gasteiger partial charge in [0.1, 0.15) is 0 Å². The molecule has 0 atom stereocenters. The normalized spacial score (nSPS) is 6.78. The molecule has 0 aromatic carbocycles. The maximum atomic E-state index is 9.67. The van der Waals surface area contributed by atoms with Crippen LogP contribution >= 0.6 is 0 Å². The Hall–Kier alpha value is -0.534. The number of ether oxygens (including phenoxy) is 1. The smallest absolute Gasteiger partial charge is 0.449 e. The van der Waals surface area contributed by atoms with E-state index < -0.39 is 12.3 Å². The molecule has 0 rings (SSSR count). The molecule has 0 unspecified atom stereocenters. The van der Waals surface area contributed by atoms with E-state index in [0.29, 0.717) is 0 Å². The zero-order chi connectivity index (χ0) is 6.57. The molecule has 2 radical (unpaired) electrons. The molecule has 48 valence electrons. The largest absolute Gasteiger partial charge is 0.537 e. The van der Waals surface area contributed by atoms with Crippen LogP contribution in [0.1, 0.15) is 0 Å². The van der Waals surface area contributed by atoms with E-state index in [2.05, 4.69) is 15.5 Å². The summed E-state index contributed by atoms with van der Waals surface area (Å²) < 4.78 is 3.33. The van der Waals surface area contributed by atoms with Gasteiger partial charge in [-0.25, -0.2) is 9.59 Å². The van der Waals surface area contributed by atoms with Crippen LogP contribution in [0.25, 0.3) is 0 Å². The van der Waals surface area contributed by atoms with Crippen LogP contribution in [0, 0.1) is 0 Å². The van der Waals surface area contributed by atoms with Crippen molar-refractivity contribution >= 4 is 35.4 Å². The lowest BCUT2D eigenvalue weighted by Gasteiger charge is -1.90. The van der Waals surface area contributed by atoms with Crippen LogP contribution in [0.3, 0.4) is 0 Å². The van der Waals surface area contributed by atoms with Gasteiger partial charge in [-0.2, -0.15) is 5.90 Å². The van der Waals surface area contributed by atoms with Crippen molar-refractivity contribution in [3.63, 3.8) is 0 Å². The predicted molar refractivity (Wildman–Crippen MR) is 25.5 cm³/mol. The van der Waals surface area contributed by atoms with Gasteiger partial charge in [0, 0.05) is 23.1 Å². The average Bonchev–Trinajstić information content (AvgIpc) is 1.65. The Morgan fingerprint density at radius 1 is 1.44 bits per heavy atom. The Balaban J connectivity index is 0. The molecule has 0 heterocycles. The van der Waals surface area contributed by atoms with E-state index in [9.17, 15) is 9.59 Å². The van der Waals surface area contributed by atoms with Gasteiger partial charge < -0.3 is 14.7 Å². The quantitative estimate of drug-likeness (QED) is 0.203. The average molecular weight is 145 g/mol. The zero-order valence-electron chi connectivity index (χ0n) is 4.36. The molecule has 6 nitrogen and oxygen atoms in total. The lowest BCUT2D eigenvalue weighted by Crippen LogP contribution is -2.14. The van der Waals surface area contributed by atoms with E-state index in [1.807, 2.05) is 0 Å². The summed E-state index contributed by atoms with van der Waals surface area (Å²) in [6.45, 7) is 0. The molecule has 0 fully saturated rings. The molecular formula is C2H3MgNO5. The van der Waals surface area contributed by atoms with Gasteiger partial charge in [0.15, 0.2) is 0 Å². The molecule has 0 aromatic heterocycles. The number of rotatable bonds is 0. The first-order valence-corrected chi connectivity index (χ1v) is 1.48. The standard InChI is InChI=1S/C2H3NO5.Mg/c3-8-2(6)7-1(4)5;/h3H2,(H,4,5);. The Morgan fingerprint density at radius 3 is 2.00 bits per heavy atom. The third-order valence-electron chi connectivity index (χ3n) is 0.267. The fourth-order valence-electron chi connectivity index (χ4n) is 0.0953. The number of carboxylic acid groups (broad SMARTS) is 1. The summed E-state index contributed by atoms with van der Waals surface area (Å²) in [5, 5.41) is 7.64. The number of carbonyl (C=O) groups is 2. The lowest BCUT2D eigenvalue weighted by atomic mass is 11.3. The number of nitrogens with two attached hydrogens (primary N) is 1. The molecule has 0 aliphatic rings. The third kappa shape index (κ3) is 7.47. The van der Waals surface area contributed by atoms with Crippen LogP contribution in [0.5, 0.6) is 0 Å². The Morgan fingerprint density at radius 2 is 1.89 bits per heavy atom. The van der Waals surface area contributed by atoms with Crippen molar-refractivity contribution in [2.24, 2.45) is 5.90 Å². The van der Waals surface area contributed by atoms with Crippen molar-refractivity contribution in [1.82, 2.24) is 0 Å². The van der Waals surface area contributed by atoms with Crippen LogP contribution in [-0.4, -0.2) is 40.5 Å². The first-order chi connectivity index (χ1) is 3.66. The molecule has 0 aliphatic heterocycles. The minimum Gasteiger partial charge on any atom is -0.449 e. The number of hydrogen-bond donors (Lipinski definition) is 2. The van der Waals surface area contributed by atoms with E-state index in [0.717, 1.165) is 0 Å². The number of hydrogen-bond acceptors (Lipinski definition) is 5. The second kappa shape index (κ2) is 5.60.